The van der Waals surface area contributed by atoms with E-state index >= 15 is 0 Å². The first kappa shape index (κ1) is 25.6. The van der Waals surface area contributed by atoms with Crippen molar-refractivity contribution in [3.05, 3.63) is 48.3 Å². The number of hydrogen-bond donors (Lipinski definition) is 0. The zero-order valence-corrected chi connectivity index (χ0v) is 20.5. The minimum Gasteiger partial charge on any atom is -0.456 e. The van der Waals surface area contributed by atoms with Crippen LogP contribution in [0.4, 0.5) is 29.3 Å². The quantitative estimate of drug-likeness (QED) is 0.437. The molecule has 2 unspecified atom stereocenters. The minimum absolute atomic E-state index is 0.0412. The van der Waals surface area contributed by atoms with Crippen LogP contribution < -0.4 is 9.80 Å². The molecule has 1 saturated carbocycles. The standard InChI is InChI=1S/C23H22F3N3O6S/c1-13-11-22(13)19(31)28(14-5-7-15(8-6-14)36(33,34)23(24,25)26)20(32)29(22)17-9-10-27-12-16(17)18(30)35-21(2,3)4/h5-10,12-13H,11H2,1-4H3. The van der Waals surface area contributed by atoms with Crippen molar-refractivity contribution < 1.29 is 40.7 Å². The molecule has 0 bridgehead atoms. The molecule has 1 aromatic carbocycles. The number of rotatable bonds is 4. The van der Waals surface area contributed by atoms with Crippen molar-refractivity contribution in [3.8, 4) is 0 Å². The second kappa shape index (κ2) is 8.02. The summed E-state index contributed by atoms with van der Waals surface area (Å²) in [6, 6.07) is 3.85. The van der Waals surface area contributed by atoms with E-state index in [1.165, 1.54) is 23.4 Å². The lowest BCUT2D eigenvalue weighted by Gasteiger charge is -2.26. The molecular weight excluding hydrogens is 503 g/mol. The summed E-state index contributed by atoms with van der Waals surface area (Å²) in [7, 11) is -5.60. The Bertz CT molecular complexity index is 1370. The third-order valence-corrected chi connectivity index (χ3v) is 7.50. The van der Waals surface area contributed by atoms with Crippen molar-refractivity contribution in [2.75, 3.05) is 9.80 Å². The van der Waals surface area contributed by atoms with E-state index < -0.39 is 49.3 Å². The Morgan fingerprint density at radius 1 is 1.11 bits per heavy atom. The highest BCUT2D eigenvalue weighted by molar-refractivity contribution is 7.92. The number of carbonyl (C=O) groups excluding carboxylic acids is 3. The van der Waals surface area contributed by atoms with Gasteiger partial charge in [-0.1, -0.05) is 6.92 Å². The second-order valence-corrected chi connectivity index (χ2v) is 11.6. The summed E-state index contributed by atoms with van der Waals surface area (Å²) in [5, 5.41) is 0. The minimum atomic E-state index is -5.60. The van der Waals surface area contributed by atoms with Crippen LogP contribution in [0.3, 0.4) is 0 Å². The largest absolute Gasteiger partial charge is 0.501 e. The number of alkyl halides is 3. The maximum atomic E-state index is 13.6. The predicted octanol–water partition coefficient (Wildman–Crippen LogP) is 4.08. The number of sulfone groups is 1. The average Bonchev–Trinajstić information content (AvgIpc) is 3.38. The lowest BCUT2D eigenvalue weighted by Crippen LogP contribution is -2.40. The third kappa shape index (κ3) is 3.91. The van der Waals surface area contributed by atoms with Gasteiger partial charge in [-0.05, 0) is 63.4 Å². The predicted molar refractivity (Wildman–Crippen MR) is 121 cm³/mol. The van der Waals surface area contributed by atoms with Gasteiger partial charge in [0.25, 0.3) is 15.7 Å². The van der Waals surface area contributed by atoms with Crippen LogP contribution in [0, 0.1) is 5.92 Å². The van der Waals surface area contributed by atoms with Gasteiger partial charge in [0.2, 0.25) is 0 Å². The van der Waals surface area contributed by atoms with E-state index in [4.69, 9.17) is 4.74 Å². The van der Waals surface area contributed by atoms with Gasteiger partial charge in [0.05, 0.1) is 16.3 Å². The van der Waals surface area contributed by atoms with Gasteiger partial charge in [0, 0.05) is 12.4 Å². The average molecular weight is 526 g/mol. The Morgan fingerprint density at radius 3 is 2.19 bits per heavy atom. The lowest BCUT2D eigenvalue weighted by molar-refractivity contribution is -0.119. The molecule has 2 fully saturated rings. The lowest BCUT2D eigenvalue weighted by atomic mass is 10.1. The van der Waals surface area contributed by atoms with Gasteiger partial charge in [0.15, 0.2) is 0 Å². The van der Waals surface area contributed by atoms with E-state index in [0.29, 0.717) is 12.1 Å². The molecule has 2 aromatic rings. The maximum Gasteiger partial charge on any atom is 0.501 e. The molecule has 1 spiro atoms. The van der Waals surface area contributed by atoms with Crippen LogP contribution in [-0.4, -0.2) is 48.0 Å². The van der Waals surface area contributed by atoms with Crippen LogP contribution >= 0.6 is 0 Å². The summed E-state index contributed by atoms with van der Waals surface area (Å²) in [5.74, 6) is -1.68. The number of hydrogen-bond acceptors (Lipinski definition) is 7. The highest BCUT2D eigenvalue weighted by Crippen LogP contribution is 2.56. The van der Waals surface area contributed by atoms with Gasteiger partial charge in [0.1, 0.15) is 16.7 Å². The Balaban J connectivity index is 1.76. The molecule has 0 N–H and O–H groups in total. The van der Waals surface area contributed by atoms with Crippen molar-refractivity contribution in [1.29, 1.82) is 0 Å². The number of amides is 3. The molecule has 0 radical (unpaired) electrons. The van der Waals surface area contributed by atoms with E-state index in [2.05, 4.69) is 4.98 Å². The highest BCUT2D eigenvalue weighted by atomic mass is 32.2. The summed E-state index contributed by atoms with van der Waals surface area (Å²) >= 11 is 0. The number of anilines is 2. The number of carbonyl (C=O) groups is 3. The molecule has 2 aliphatic rings. The number of aromatic nitrogens is 1. The van der Waals surface area contributed by atoms with Gasteiger partial charge >= 0.3 is 17.5 Å². The molecular formula is C23H22F3N3O6S. The van der Waals surface area contributed by atoms with E-state index in [9.17, 15) is 36.0 Å². The van der Waals surface area contributed by atoms with Gasteiger partial charge in [-0.25, -0.2) is 22.9 Å². The molecule has 2 heterocycles. The SMILES string of the molecule is CC1CC12C(=O)N(c1ccc(S(=O)(=O)C(F)(F)F)cc1)C(=O)N2c1ccncc1C(=O)OC(C)(C)C. The molecule has 2 atom stereocenters. The number of esters is 1. The van der Waals surface area contributed by atoms with Crippen molar-refractivity contribution >= 4 is 39.1 Å². The fourth-order valence-corrected chi connectivity index (χ4v) is 4.95. The van der Waals surface area contributed by atoms with Crippen LogP contribution in [0.1, 0.15) is 44.5 Å². The number of halogens is 3. The Hall–Kier alpha value is -3.48. The fourth-order valence-electron chi connectivity index (χ4n) is 4.19. The van der Waals surface area contributed by atoms with Crippen LogP contribution in [0.15, 0.2) is 47.6 Å². The summed E-state index contributed by atoms with van der Waals surface area (Å²) < 4.78 is 67.4. The molecule has 192 valence electrons. The molecule has 3 amide bonds. The van der Waals surface area contributed by atoms with Crippen molar-refractivity contribution in [1.82, 2.24) is 4.98 Å². The monoisotopic (exact) mass is 525 g/mol. The number of pyridine rings is 1. The van der Waals surface area contributed by atoms with Crippen molar-refractivity contribution in [2.45, 2.75) is 55.7 Å². The topological polar surface area (TPSA) is 114 Å². The normalized spacial score (nSPS) is 22.4. The van der Waals surface area contributed by atoms with Crippen molar-refractivity contribution in [3.63, 3.8) is 0 Å². The first-order chi connectivity index (χ1) is 16.5. The Kier molecular flexibility index (Phi) is 5.70. The van der Waals surface area contributed by atoms with Crippen LogP contribution in [0.2, 0.25) is 0 Å². The van der Waals surface area contributed by atoms with Crippen LogP contribution in [-0.2, 0) is 19.4 Å². The van der Waals surface area contributed by atoms with Gasteiger partial charge in [-0.15, -0.1) is 0 Å². The summed E-state index contributed by atoms with van der Waals surface area (Å²) in [6.45, 7) is 6.75. The molecule has 1 saturated heterocycles. The van der Waals surface area contributed by atoms with Crippen LogP contribution in [0.5, 0.6) is 0 Å². The number of ether oxygens (including phenoxy) is 1. The summed E-state index contributed by atoms with van der Waals surface area (Å²) in [4.78, 5) is 44.8. The zero-order valence-electron chi connectivity index (χ0n) is 19.7. The highest BCUT2D eigenvalue weighted by Gasteiger charge is 2.71. The molecule has 36 heavy (non-hydrogen) atoms. The smallest absolute Gasteiger partial charge is 0.456 e. The number of imide groups is 1. The number of benzene rings is 1. The van der Waals surface area contributed by atoms with E-state index in [1.807, 2.05) is 0 Å². The molecule has 4 rings (SSSR count). The Morgan fingerprint density at radius 2 is 1.69 bits per heavy atom. The van der Waals surface area contributed by atoms with Gasteiger partial charge in [-0.3, -0.25) is 14.7 Å². The maximum absolute atomic E-state index is 13.6. The molecule has 1 aliphatic carbocycles. The zero-order chi connectivity index (χ0) is 26.8. The van der Waals surface area contributed by atoms with Crippen LogP contribution in [0.25, 0.3) is 0 Å². The fraction of sp³-hybridized carbons (Fsp3) is 0.391. The van der Waals surface area contributed by atoms with E-state index in [0.717, 1.165) is 17.0 Å². The third-order valence-electron chi connectivity index (χ3n) is 6.00. The molecule has 1 aromatic heterocycles. The number of urea groups is 1. The second-order valence-electron chi connectivity index (χ2n) is 9.63. The van der Waals surface area contributed by atoms with E-state index in [-0.39, 0.29) is 29.3 Å². The van der Waals surface area contributed by atoms with E-state index in [1.54, 1.807) is 27.7 Å². The van der Waals surface area contributed by atoms with Crippen molar-refractivity contribution in [2.24, 2.45) is 5.92 Å². The van der Waals surface area contributed by atoms with Gasteiger partial charge in [-0.2, -0.15) is 13.2 Å². The summed E-state index contributed by atoms with van der Waals surface area (Å²) in [6.07, 6.45) is 2.85. The molecule has 9 nitrogen and oxygen atoms in total. The molecule has 13 heteroatoms. The number of nitrogens with zero attached hydrogens (tertiary/aromatic N) is 3. The Labute approximate surface area is 204 Å². The molecule has 1 aliphatic heterocycles. The first-order valence-electron chi connectivity index (χ1n) is 10.8. The first-order valence-corrected chi connectivity index (χ1v) is 12.3. The van der Waals surface area contributed by atoms with Gasteiger partial charge < -0.3 is 4.74 Å². The summed E-state index contributed by atoms with van der Waals surface area (Å²) in [5.41, 5.74) is -7.71.